The van der Waals surface area contributed by atoms with E-state index in [1.807, 2.05) is 0 Å². The van der Waals surface area contributed by atoms with E-state index in [9.17, 15) is 0 Å². The van der Waals surface area contributed by atoms with Gasteiger partial charge in [-0.3, -0.25) is 0 Å². The van der Waals surface area contributed by atoms with E-state index in [1.54, 1.807) is 0 Å². The Balaban J connectivity index is 1.27. The molecule has 1 aliphatic rings. The number of aryl methyl sites for hydroxylation is 1. The Morgan fingerprint density at radius 1 is 0.500 bits per heavy atom. The number of nitrogens with zero attached hydrogens (tertiary/aromatic N) is 1. The predicted octanol–water partition coefficient (Wildman–Crippen LogP) is 10.2. The zero-order valence-corrected chi connectivity index (χ0v) is 22.1. The molecule has 0 amide bonds. The van der Waals surface area contributed by atoms with Gasteiger partial charge in [0.25, 0.3) is 0 Å². The molecule has 2 heterocycles. The molecule has 188 valence electrons. The summed E-state index contributed by atoms with van der Waals surface area (Å²) in [6, 6.07) is 49.8. The summed E-state index contributed by atoms with van der Waals surface area (Å²) in [7, 11) is 0. The van der Waals surface area contributed by atoms with Crippen LogP contribution < -0.4 is 0 Å². The molecule has 1 unspecified atom stereocenters. The molecule has 0 aliphatic heterocycles. The third-order valence-corrected chi connectivity index (χ3v) is 9.20. The maximum atomic E-state index is 2.46. The van der Waals surface area contributed by atoms with Crippen LogP contribution >= 0.6 is 0 Å². The second-order valence-corrected chi connectivity index (χ2v) is 11.2. The average molecular weight is 510 g/mol. The number of hydrogen-bond acceptors (Lipinski definition) is 0. The molecular formula is C39H27N. The van der Waals surface area contributed by atoms with Crippen molar-refractivity contribution in [1.29, 1.82) is 0 Å². The molecule has 0 spiro atoms. The van der Waals surface area contributed by atoms with Gasteiger partial charge in [-0.2, -0.15) is 0 Å². The number of para-hydroxylation sites is 2. The molecule has 2 aromatic heterocycles. The highest BCUT2D eigenvalue weighted by atomic mass is 14.9. The molecule has 1 aliphatic carbocycles. The van der Waals surface area contributed by atoms with Gasteiger partial charge in [-0.25, -0.2) is 0 Å². The van der Waals surface area contributed by atoms with Crippen LogP contribution in [0.4, 0.5) is 0 Å². The van der Waals surface area contributed by atoms with Gasteiger partial charge in [0.05, 0.1) is 16.6 Å². The molecule has 0 saturated carbocycles. The molecule has 40 heavy (non-hydrogen) atoms. The topological polar surface area (TPSA) is 4.41 Å². The van der Waals surface area contributed by atoms with E-state index in [0.29, 0.717) is 5.92 Å². The maximum absolute atomic E-state index is 2.46. The summed E-state index contributed by atoms with van der Waals surface area (Å²) in [5.74, 6) is 0.398. The largest absolute Gasteiger partial charge is 0.308 e. The van der Waals surface area contributed by atoms with Crippen LogP contribution in [0.15, 0.2) is 133 Å². The van der Waals surface area contributed by atoms with Crippen LogP contribution in [0.5, 0.6) is 0 Å². The third kappa shape index (κ3) is 3.03. The Kier molecular flexibility index (Phi) is 4.57. The lowest BCUT2D eigenvalue weighted by molar-refractivity contribution is 0.726. The second kappa shape index (κ2) is 8.31. The minimum Gasteiger partial charge on any atom is -0.308 e. The third-order valence-electron chi connectivity index (χ3n) is 9.20. The Hall–Kier alpha value is -4.88. The quantitative estimate of drug-likeness (QED) is 0.218. The molecule has 0 bridgehead atoms. The van der Waals surface area contributed by atoms with Crippen LogP contribution in [-0.2, 0) is 6.42 Å². The monoisotopic (exact) mass is 509 g/mol. The van der Waals surface area contributed by atoms with E-state index < -0.39 is 0 Å². The fraction of sp³-hybridized carbons (Fsp3) is 0.0769. The zero-order valence-electron chi connectivity index (χ0n) is 22.1. The standard InChI is InChI=1S/C39H27N/c1-2-9-25(10-3-1)30-20-17-26-11-4-5-12-29(26)35-23-27(18-21-31(30)35)28-19-22-38-36(24-28)34-15-8-14-33-32-13-6-7-16-37(32)40(38)39(33)34/h1-16,18-19,21-24,30H,17,20H2. The highest BCUT2D eigenvalue weighted by molar-refractivity contribution is 6.23. The Labute approximate surface area is 233 Å². The number of aromatic nitrogens is 1. The van der Waals surface area contributed by atoms with Crippen LogP contribution in [0.3, 0.4) is 0 Å². The summed E-state index contributed by atoms with van der Waals surface area (Å²) < 4.78 is 2.46. The first-order valence-corrected chi connectivity index (χ1v) is 14.3. The van der Waals surface area contributed by atoms with Crippen molar-refractivity contribution in [2.75, 3.05) is 0 Å². The lowest BCUT2D eigenvalue weighted by Crippen LogP contribution is -2.02. The van der Waals surface area contributed by atoms with Crippen LogP contribution in [0.25, 0.3) is 60.3 Å². The van der Waals surface area contributed by atoms with Gasteiger partial charge in [0.15, 0.2) is 0 Å². The number of fused-ring (bicyclic) bond motifs is 9. The Morgan fingerprint density at radius 2 is 1.20 bits per heavy atom. The molecule has 0 radical (unpaired) electrons. The van der Waals surface area contributed by atoms with Crippen LogP contribution in [0.2, 0.25) is 0 Å². The molecule has 1 atom stereocenters. The van der Waals surface area contributed by atoms with Gasteiger partial charge in [-0.15, -0.1) is 0 Å². The van der Waals surface area contributed by atoms with E-state index >= 15 is 0 Å². The van der Waals surface area contributed by atoms with E-state index in [2.05, 4.69) is 138 Å². The first-order valence-electron chi connectivity index (χ1n) is 14.3. The van der Waals surface area contributed by atoms with E-state index in [1.165, 1.54) is 77.0 Å². The van der Waals surface area contributed by atoms with Crippen molar-refractivity contribution >= 4 is 38.1 Å². The summed E-state index contributed by atoms with van der Waals surface area (Å²) in [5.41, 5.74) is 13.5. The summed E-state index contributed by atoms with van der Waals surface area (Å²) in [6.45, 7) is 0. The van der Waals surface area contributed by atoms with Crippen molar-refractivity contribution in [3.05, 3.63) is 150 Å². The van der Waals surface area contributed by atoms with Crippen molar-refractivity contribution in [3.63, 3.8) is 0 Å². The Bertz CT molecular complexity index is 2220. The first-order chi connectivity index (χ1) is 19.8. The summed E-state index contributed by atoms with van der Waals surface area (Å²) in [6.07, 6.45) is 2.22. The van der Waals surface area contributed by atoms with E-state index in [-0.39, 0.29) is 0 Å². The molecule has 1 heteroatoms. The minimum absolute atomic E-state index is 0.398. The molecule has 0 saturated heterocycles. The lowest BCUT2D eigenvalue weighted by atomic mass is 9.84. The van der Waals surface area contributed by atoms with Crippen molar-refractivity contribution in [1.82, 2.24) is 4.40 Å². The number of hydrogen-bond donors (Lipinski definition) is 0. The van der Waals surface area contributed by atoms with Crippen molar-refractivity contribution in [2.45, 2.75) is 18.8 Å². The molecule has 1 nitrogen and oxygen atoms in total. The average Bonchev–Trinajstić information content (AvgIpc) is 3.48. The van der Waals surface area contributed by atoms with Crippen molar-refractivity contribution in [3.8, 4) is 22.3 Å². The first kappa shape index (κ1) is 22.0. The van der Waals surface area contributed by atoms with Gasteiger partial charge in [-0.1, -0.05) is 109 Å². The lowest BCUT2D eigenvalue weighted by Gasteiger charge is -2.19. The van der Waals surface area contributed by atoms with Gasteiger partial charge in [0.1, 0.15) is 0 Å². The normalized spacial score (nSPS) is 15.1. The SMILES string of the molecule is c1ccc(C2CCc3ccccc3-c3cc(-c4ccc5c(c4)c4cccc6c7ccccc7n5c64)ccc32)cc1. The van der Waals surface area contributed by atoms with Crippen molar-refractivity contribution < 1.29 is 0 Å². The number of benzene rings is 6. The van der Waals surface area contributed by atoms with E-state index in [4.69, 9.17) is 0 Å². The molecule has 6 aromatic carbocycles. The van der Waals surface area contributed by atoms with Crippen LogP contribution in [0.1, 0.15) is 29.0 Å². The summed E-state index contributed by atoms with van der Waals surface area (Å²) >= 11 is 0. The summed E-state index contributed by atoms with van der Waals surface area (Å²) in [4.78, 5) is 0. The van der Waals surface area contributed by atoms with Gasteiger partial charge in [0, 0.05) is 27.5 Å². The van der Waals surface area contributed by atoms with Gasteiger partial charge < -0.3 is 4.40 Å². The minimum atomic E-state index is 0.398. The molecule has 9 rings (SSSR count). The highest BCUT2D eigenvalue weighted by Gasteiger charge is 2.24. The second-order valence-electron chi connectivity index (χ2n) is 11.2. The Morgan fingerprint density at radius 3 is 2.12 bits per heavy atom. The molecular weight excluding hydrogens is 482 g/mol. The van der Waals surface area contributed by atoms with Crippen LogP contribution in [0, 0.1) is 0 Å². The highest BCUT2D eigenvalue weighted by Crippen LogP contribution is 2.44. The smallest absolute Gasteiger partial charge is 0.0620 e. The van der Waals surface area contributed by atoms with Gasteiger partial charge in [-0.05, 0) is 76.1 Å². The van der Waals surface area contributed by atoms with Gasteiger partial charge in [0.2, 0.25) is 0 Å². The summed E-state index contributed by atoms with van der Waals surface area (Å²) in [5, 5.41) is 5.31. The van der Waals surface area contributed by atoms with Crippen LogP contribution in [-0.4, -0.2) is 4.40 Å². The molecule has 8 aromatic rings. The fourth-order valence-corrected chi connectivity index (χ4v) is 7.37. The predicted molar refractivity (Wildman–Crippen MR) is 169 cm³/mol. The number of rotatable bonds is 2. The van der Waals surface area contributed by atoms with Crippen molar-refractivity contribution in [2.24, 2.45) is 0 Å². The van der Waals surface area contributed by atoms with Gasteiger partial charge >= 0.3 is 0 Å². The maximum Gasteiger partial charge on any atom is 0.0620 e. The molecule has 0 fully saturated rings. The molecule has 0 N–H and O–H groups in total. The van der Waals surface area contributed by atoms with E-state index in [0.717, 1.165) is 12.8 Å². The fourth-order valence-electron chi connectivity index (χ4n) is 7.37. The zero-order chi connectivity index (χ0) is 26.2.